The molecule has 0 saturated carbocycles. The summed E-state index contributed by atoms with van der Waals surface area (Å²) < 4.78 is 18.7. The van der Waals surface area contributed by atoms with Crippen LogP contribution in [0, 0.1) is 11.7 Å². The minimum absolute atomic E-state index is 0.00981. The number of rotatable bonds is 5. The number of benzene rings is 1. The Balaban J connectivity index is 3.12. The van der Waals surface area contributed by atoms with Crippen LogP contribution in [0.15, 0.2) is 16.6 Å². The van der Waals surface area contributed by atoms with Crippen molar-refractivity contribution < 1.29 is 13.9 Å². The quantitative estimate of drug-likeness (QED) is 0.761. The lowest BCUT2D eigenvalue weighted by atomic mass is 9.95. The molecule has 0 aromatic heterocycles. The van der Waals surface area contributed by atoms with Crippen LogP contribution in [0.4, 0.5) is 4.39 Å². The summed E-state index contributed by atoms with van der Waals surface area (Å²) in [6, 6.07) is 2.72. The number of hydrogen-bond acceptors (Lipinski definition) is 2. The second-order valence-electron chi connectivity index (χ2n) is 4.02. The third-order valence-corrected chi connectivity index (χ3v) is 3.28. The molecule has 0 fully saturated rings. The first-order chi connectivity index (χ1) is 8.01. The van der Waals surface area contributed by atoms with E-state index in [1.54, 1.807) is 0 Å². The highest BCUT2D eigenvalue weighted by Crippen LogP contribution is 2.29. The summed E-state index contributed by atoms with van der Waals surface area (Å²) in [7, 11) is 1.43. The number of methoxy groups -OCH3 is 1. The van der Waals surface area contributed by atoms with Crippen LogP contribution >= 0.6 is 15.9 Å². The van der Waals surface area contributed by atoms with Gasteiger partial charge in [0.15, 0.2) is 5.78 Å². The Morgan fingerprint density at radius 1 is 1.53 bits per heavy atom. The molecule has 0 spiro atoms. The van der Waals surface area contributed by atoms with Gasteiger partial charge in [-0.2, -0.15) is 0 Å². The molecule has 1 aromatic carbocycles. The van der Waals surface area contributed by atoms with Crippen LogP contribution in [0.3, 0.4) is 0 Å². The molecule has 0 aliphatic carbocycles. The molecule has 0 aliphatic rings. The molecule has 1 unspecified atom stereocenters. The maximum atomic E-state index is 13.3. The molecule has 0 amide bonds. The average Bonchev–Trinajstić information content (AvgIpc) is 2.31. The van der Waals surface area contributed by atoms with E-state index in [9.17, 15) is 9.18 Å². The van der Waals surface area contributed by atoms with Gasteiger partial charge < -0.3 is 4.74 Å². The summed E-state index contributed by atoms with van der Waals surface area (Å²) >= 11 is 3.08. The van der Waals surface area contributed by atoms with Gasteiger partial charge in [-0.05, 0) is 28.4 Å². The van der Waals surface area contributed by atoms with E-state index in [-0.39, 0.29) is 16.2 Å². The van der Waals surface area contributed by atoms with Gasteiger partial charge in [0.1, 0.15) is 11.6 Å². The molecule has 1 atom stereocenters. The Hall–Kier alpha value is -0.900. The largest absolute Gasteiger partial charge is 0.496 e. The number of ether oxygens (including phenoxy) is 1. The maximum absolute atomic E-state index is 13.3. The minimum Gasteiger partial charge on any atom is -0.496 e. The molecule has 94 valence electrons. The molecule has 4 heteroatoms. The second kappa shape index (κ2) is 6.15. The first-order valence-electron chi connectivity index (χ1n) is 5.58. The number of hydrogen-bond donors (Lipinski definition) is 0. The van der Waals surface area contributed by atoms with E-state index in [0.29, 0.717) is 11.3 Å². The van der Waals surface area contributed by atoms with Crippen LogP contribution in [0.5, 0.6) is 5.75 Å². The van der Waals surface area contributed by atoms with Crippen LogP contribution in [-0.4, -0.2) is 12.9 Å². The van der Waals surface area contributed by atoms with E-state index < -0.39 is 5.82 Å². The molecule has 0 radical (unpaired) electrons. The van der Waals surface area contributed by atoms with Gasteiger partial charge in [0.25, 0.3) is 0 Å². The fourth-order valence-corrected chi connectivity index (χ4v) is 2.06. The van der Waals surface area contributed by atoms with Crippen molar-refractivity contribution in [2.75, 3.05) is 7.11 Å². The summed E-state index contributed by atoms with van der Waals surface area (Å²) in [6.45, 7) is 3.91. The van der Waals surface area contributed by atoms with E-state index in [1.807, 2.05) is 13.8 Å². The minimum atomic E-state index is -0.429. The SMILES string of the molecule is CCCC(C)C(=O)c1cc(Br)c(F)cc1OC. The van der Waals surface area contributed by atoms with Crippen molar-refractivity contribution in [2.45, 2.75) is 26.7 Å². The lowest BCUT2D eigenvalue weighted by Gasteiger charge is -2.13. The highest BCUT2D eigenvalue weighted by molar-refractivity contribution is 9.10. The predicted octanol–water partition coefficient (Wildman–Crippen LogP) is 4.22. The Morgan fingerprint density at radius 3 is 2.71 bits per heavy atom. The van der Waals surface area contributed by atoms with Crippen LogP contribution in [0.1, 0.15) is 37.0 Å². The van der Waals surface area contributed by atoms with Crippen LogP contribution in [-0.2, 0) is 0 Å². The number of Topliss-reactive ketones (excluding diaryl/α,β-unsaturated/α-hetero) is 1. The van der Waals surface area contributed by atoms with Crippen LogP contribution < -0.4 is 4.74 Å². The zero-order valence-corrected chi connectivity index (χ0v) is 11.8. The number of halogens is 2. The molecular formula is C13H16BrFO2. The van der Waals surface area contributed by atoms with E-state index in [2.05, 4.69) is 15.9 Å². The molecular weight excluding hydrogens is 287 g/mol. The third kappa shape index (κ3) is 3.28. The molecule has 0 aliphatic heterocycles. The molecule has 0 bridgehead atoms. The fourth-order valence-electron chi connectivity index (χ4n) is 1.72. The zero-order valence-electron chi connectivity index (χ0n) is 10.2. The Labute approximate surface area is 109 Å². The maximum Gasteiger partial charge on any atom is 0.169 e. The van der Waals surface area contributed by atoms with Gasteiger partial charge in [-0.15, -0.1) is 0 Å². The van der Waals surface area contributed by atoms with Gasteiger partial charge in [-0.1, -0.05) is 20.3 Å². The lowest BCUT2D eigenvalue weighted by molar-refractivity contribution is 0.0920. The van der Waals surface area contributed by atoms with Gasteiger partial charge in [-0.3, -0.25) is 4.79 Å². The number of ketones is 1. The smallest absolute Gasteiger partial charge is 0.169 e. The molecule has 2 nitrogen and oxygen atoms in total. The van der Waals surface area contributed by atoms with Crippen molar-refractivity contribution in [2.24, 2.45) is 5.92 Å². The lowest BCUT2D eigenvalue weighted by Crippen LogP contribution is -2.12. The van der Waals surface area contributed by atoms with E-state index in [4.69, 9.17) is 4.74 Å². The zero-order chi connectivity index (χ0) is 13.0. The van der Waals surface area contributed by atoms with Crippen LogP contribution in [0.2, 0.25) is 0 Å². The molecule has 0 heterocycles. The Morgan fingerprint density at radius 2 is 2.18 bits per heavy atom. The van der Waals surface area contributed by atoms with Crippen molar-refractivity contribution in [3.05, 3.63) is 28.0 Å². The van der Waals surface area contributed by atoms with Crippen molar-refractivity contribution in [1.29, 1.82) is 0 Å². The monoisotopic (exact) mass is 302 g/mol. The summed E-state index contributed by atoms with van der Waals surface area (Å²) in [5, 5.41) is 0. The first kappa shape index (κ1) is 14.2. The number of carbonyl (C=O) groups excluding carboxylic acids is 1. The number of carbonyl (C=O) groups is 1. The topological polar surface area (TPSA) is 26.3 Å². The Kier molecular flexibility index (Phi) is 5.12. The first-order valence-corrected chi connectivity index (χ1v) is 6.37. The normalized spacial score (nSPS) is 12.3. The van der Waals surface area contributed by atoms with Gasteiger partial charge in [0.2, 0.25) is 0 Å². The van der Waals surface area contributed by atoms with Gasteiger partial charge in [-0.25, -0.2) is 4.39 Å². The van der Waals surface area contributed by atoms with Crippen molar-refractivity contribution in [3.63, 3.8) is 0 Å². The van der Waals surface area contributed by atoms with E-state index in [0.717, 1.165) is 12.8 Å². The van der Waals surface area contributed by atoms with E-state index >= 15 is 0 Å². The van der Waals surface area contributed by atoms with Crippen molar-refractivity contribution >= 4 is 21.7 Å². The Bertz CT molecular complexity index is 418. The fraction of sp³-hybridized carbons (Fsp3) is 0.462. The summed E-state index contributed by atoms with van der Waals surface area (Å²) in [6.07, 6.45) is 1.76. The van der Waals surface area contributed by atoms with Gasteiger partial charge >= 0.3 is 0 Å². The predicted molar refractivity (Wildman–Crippen MR) is 69.1 cm³/mol. The summed E-state index contributed by atoms with van der Waals surface area (Å²) in [5.74, 6) is -0.226. The standard InChI is InChI=1S/C13H16BrFO2/c1-4-5-8(2)13(16)9-6-10(14)11(15)7-12(9)17-3/h6-8H,4-5H2,1-3H3. The molecule has 0 N–H and O–H groups in total. The van der Waals surface area contributed by atoms with Crippen LogP contribution in [0.25, 0.3) is 0 Å². The average molecular weight is 303 g/mol. The van der Waals surface area contributed by atoms with E-state index in [1.165, 1.54) is 19.2 Å². The third-order valence-electron chi connectivity index (χ3n) is 2.68. The summed E-state index contributed by atoms with van der Waals surface area (Å²) in [4.78, 5) is 12.2. The molecule has 17 heavy (non-hydrogen) atoms. The highest BCUT2D eigenvalue weighted by Gasteiger charge is 2.20. The summed E-state index contributed by atoms with van der Waals surface area (Å²) in [5.41, 5.74) is 0.432. The molecule has 0 saturated heterocycles. The molecule has 1 rings (SSSR count). The highest BCUT2D eigenvalue weighted by atomic mass is 79.9. The second-order valence-corrected chi connectivity index (χ2v) is 4.87. The molecule has 1 aromatic rings. The van der Waals surface area contributed by atoms with Crippen molar-refractivity contribution in [1.82, 2.24) is 0 Å². The van der Waals surface area contributed by atoms with Gasteiger partial charge in [0.05, 0.1) is 17.1 Å². The van der Waals surface area contributed by atoms with Gasteiger partial charge in [0, 0.05) is 12.0 Å². The van der Waals surface area contributed by atoms with Crippen molar-refractivity contribution in [3.8, 4) is 5.75 Å².